The van der Waals surface area contributed by atoms with Crippen LogP contribution < -0.4 is 0 Å². The molecule has 0 saturated carbocycles. The van der Waals surface area contributed by atoms with Crippen LogP contribution in [-0.2, 0) is 12.1 Å². The summed E-state index contributed by atoms with van der Waals surface area (Å²) in [4.78, 5) is 0. The second-order valence-electron chi connectivity index (χ2n) is 5.07. The first-order valence-electron chi connectivity index (χ1n) is 8.22. The normalized spacial score (nSPS) is 11.9. The van der Waals surface area contributed by atoms with E-state index < -0.39 is 20.1 Å². The second-order valence-corrected chi connectivity index (χ2v) is 9.83. The summed E-state index contributed by atoms with van der Waals surface area (Å²) in [7, 11) is 0. The summed E-state index contributed by atoms with van der Waals surface area (Å²) < 4.78 is 29.0. The minimum absolute atomic E-state index is 0.491. The van der Waals surface area contributed by atoms with Crippen LogP contribution in [0.4, 0.5) is 0 Å². The molecule has 0 aromatic carbocycles. The van der Waals surface area contributed by atoms with Gasteiger partial charge in [-0.05, 0) is 0 Å². The van der Waals surface area contributed by atoms with Crippen LogP contribution in [0.5, 0.6) is 0 Å². The van der Waals surface area contributed by atoms with E-state index in [1.54, 1.807) is 0 Å². The van der Waals surface area contributed by atoms with Crippen molar-refractivity contribution in [2.75, 3.05) is 19.8 Å². The fourth-order valence-electron chi connectivity index (χ4n) is 1.70. The zero-order valence-electron chi connectivity index (χ0n) is 13.6. The summed E-state index contributed by atoms with van der Waals surface area (Å²) >= 11 is -4.33. The van der Waals surface area contributed by atoms with Crippen LogP contribution in [-0.4, -0.2) is 39.9 Å². The summed E-state index contributed by atoms with van der Waals surface area (Å²) in [5.74, 6) is 0. The van der Waals surface area contributed by atoms with Gasteiger partial charge in [0.2, 0.25) is 0 Å². The van der Waals surface area contributed by atoms with Gasteiger partial charge >= 0.3 is 130 Å². The fraction of sp³-hybridized carbons (Fsp3) is 1.00. The van der Waals surface area contributed by atoms with E-state index in [0.29, 0.717) is 19.8 Å². The van der Waals surface area contributed by atoms with Crippen molar-refractivity contribution in [3.8, 4) is 0 Å². The number of unbranched alkanes of at least 4 members (excludes halogenated alkanes) is 6. The molecule has 0 amide bonds. The van der Waals surface area contributed by atoms with Gasteiger partial charge in [-0.1, -0.05) is 0 Å². The molecule has 0 atom stereocenters. The molecule has 0 aromatic heterocycles. The molecule has 0 aliphatic heterocycles. The average molecular weight is 399 g/mol. The van der Waals surface area contributed by atoms with Crippen LogP contribution in [0.3, 0.4) is 0 Å². The average Bonchev–Trinajstić information content (AvgIpc) is 2.45. The molecule has 20 heavy (non-hydrogen) atoms. The van der Waals surface area contributed by atoms with Gasteiger partial charge in [0.25, 0.3) is 0 Å². The molecule has 0 rings (SSSR count). The van der Waals surface area contributed by atoms with Gasteiger partial charge in [-0.25, -0.2) is 0 Å². The van der Waals surface area contributed by atoms with Gasteiger partial charge in [0.1, 0.15) is 0 Å². The molecule has 0 unspecified atom stereocenters. The van der Waals surface area contributed by atoms with Crippen molar-refractivity contribution < 1.29 is 12.1 Å². The van der Waals surface area contributed by atoms with Crippen LogP contribution >= 0.6 is 0 Å². The van der Waals surface area contributed by atoms with Gasteiger partial charge < -0.3 is 0 Å². The molecular formula is C15H33O4Sb. The van der Waals surface area contributed by atoms with Crippen molar-refractivity contribution in [3.05, 3.63) is 0 Å². The van der Waals surface area contributed by atoms with E-state index in [0.717, 1.165) is 57.8 Å². The third-order valence-corrected chi connectivity index (χ3v) is 7.26. The molecule has 0 fully saturated rings. The Kier molecular flexibility index (Phi) is 14.8. The molecule has 0 radical (unpaired) electrons. The van der Waals surface area contributed by atoms with Crippen LogP contribution in [0.15, 0.2) is 0 Å². The topological polar surface area (TPSA) is 44.8 Å². The molecule has 0 heterocycles. The van der Waals surface area contributed by atoms with Gasteiger partial charge in [0, 0.05) is 0 Å². The molecule has 5 heteroatoms. The molecule has 0 aromatic rings. The Labute approximate surface area is 130 Å². The maximum atomic E-state index is 12.5. The number of rotatable bonds is 15. The molecule has 0 aliphatic carbocycles. The van der Waals surface area contributed by atoms with Crippen LogP contribution in [0.2, 0.25) is 0 Å². The van der Waals surface area contributed by atoms with E-state index in [9.17, 15) is 3.02 Å². The van der Waals surface area contributed by atoms with E-state index in [1.807, 2.05) is 0 Å². The monoisotopic (exact) mass is 398 g/mol. The first-order chi connectivity index (χ1) is 9.68. The van der Waals surface area contributed by atoms with Crippen molar-refractivity contribution in [2.24, 2.45) is 0 Å². The molecule has 0 aliphatic rings. The molecule has 122 valence electrons. The summed E-state index contributed by atoms with van der Waals surface area (Å²) in [5, 5.41) is 0. The quantitative estimate of drug-likeness (QED) is 0.301. The summed E-state index contributed by atoms with van der Waals surface area (Å²) in [5.41, 5.74) is 0. The summed E-state index contributed by atoms with van der Waals surface area (Å²) in [6.07, 6.45) is 9.40. The van der Waals surface area contributed by atoms with Crippen LogP contribution in [0, 0.1) is 0 Å². The zero-order chi connectivity index (χ0) is 15.1. The Hall–Kier alpha value is 0.498. The molecule has 0 N–H and O–H groups in total. The van der Waals surface area contributed by atoms with Crippen molar-refractivity contribution in [1.29, 1.82) is 0 Å². The standard InChI is InChI=1S/3C5H11O.O.Sb/c3*1-2-3-4-5-6;;/h3*2-5H2,1H3;;/q3*-1;;+3. The Morgan fingerprint density at radius 1 is 0.600 bits per heavy atom. The Balaban J connectivity index is 4.02. The van der Waals surface area contributed by atoms with Gasteiger partial charge in [-0.15, -0.1) is 0 Å². The van der Waals surface area contributed by atoms with E-state index in [1.165, 1.54) is 0 Å². The molecule has 0 spiro atoms. The Morgan fingerprint density at radius 2 is 0.900 bits per heavy atom. The zero-order valence-corrected chi connectivity index (χ0v) is 16.1. The van der Waals surface area contributed by atoms with Gasteiger partial charge in [-0.2, -0.15) is 0 Å². The fourth-order valence-corrected chi connectivity index (χ4v) is 5.36. The van der Waals surface area contributed by atoms with Gasteiger partial charge in [0.15, 0.2) is 0 Å². The van der Waals surface area contributed by atoms with Gasteiger partial charge in [0.05, 0.1) is 0 Å². The Morgan fingerprint density at radius 3 is 1.15 bits per heavy atom. The number of hydrogen-bond donors (Lipinski definition) is 0. The molecule has 0 bridgehead atoms. The predicted octanol–water partition coefficient (Wildman–Crippen LogP) is 4.47. The van der Waals surface area contributed by atoms with Gasteiger partial charge in [-0.3, -0.25) is 0 Å². The maximum absolute atomic E-state index is 12.5. The molecule has 4 nitrogen and oxygen atoms in total. The second kappa shape index (κ2) is 14.4. The van der Waals surface area contributed by atoms with Crippen molar-refractivity contribution in [1.82, 2.24) is 0 Å². The van der Waals surface area contributed by atoms with Crippen LogP contribution in [0.1, 0.15) is 78.6 Å². The minimum atomic E-state index is -4.33. The van der Waals surface area contributed by atoms with E-state index in [-0.39, 0.29) is 0 Å². The predicted molar refractivity (Wildman–Crippen MR) is 82.9 cm³/mol. The molecular weight excluding hydrogens is 366 g/mol. The number of hydrogen-bond acceptors (Lipinski definition) is 4. The SMILES string of the molecule is CCCCC[O][Sb](=[O])([O]CCCCC)[O]CCCCC. The summed E-state index contributed by atoms with van der Waals surface area (Å²) in [6.45, 7) is 7.87. The van der Waals surface area contributed by atoms with Crippen molar-refractivity contribution in [2.45, 2.75) is 78.6 Å². The first-order valence-corrected chi connectivity index (χ1v) is 12.4. The molecule has 0 saturated heterocycles. The first kappa shape index (κ1) is 20.5. The van der Waals surface area contributed by atoms with E-state index in [2.05, 4.69) is 20.8 Å². The van der Waals surface area contributed by atoms with Crippen molar-refractivity contribution >= 4 is 20.1 Å². The Bertz CT molecular complexity index is 208. The van der Waals surface area contributed by atoms with E-state index >= 15 is 0 Å². The van der Waals surface area contributed by atoms with Crippen LogP contribution in [0.25, 0.3) is 0 Å². The third-order valence-electron chi connectivity index (χ3n) is 2.99. The van der Waals surface area contributed by atoms with Crippen molar-refractivity contribution in [3.63, 3.8) is 0 Å². The van der Waals surface area contributed by atoms with E-state index in [4.69, 9.17) is 9.05 Å². The summed E-state index contributed by atoms with van der Waals surface area (Å²) in [6, 6.07) is 0. The third kappa shape index (κ3) is 12.3.